The molecule has 2 nitrogen and oxygen atoms in total. The van der Waals surface area contributed by atoms with Crippen molar-refractivity contribution in [2.45, 2.75) is 26.7 Å². The molecule has 2 rings (SSSR count). The van der Waals surface area contributed by atoms with Gasteiger partial charge in [0.2, 0.25) is 0 Å². The van der Waals surface area contributed by atoms with Crippen molar-refractivity contribution in [2.75, 3.05) is 0 Å². The fourth-order valence-corrected chi connectivity index (χ4v) is 2.54. The van der Waals surface area contributed by atoms with Gasteiger partial charge in [-0.3, -0.25) is 0 Å². The van der Waals surface area contributed by atoms with E-state index in [-0.39, 0.29) is 0 Å². The predicted octanol–water partition coefficient (Wildman–Crippen LogP) is 4.20. The van der Waals surface area contributed by atoms with E-state index < -0.39 is 0 Å². The number of nitrogens with zero attached hydrogens (tertiary/aromatic N) is 2. The van der Waals surface area contributed by atoms with Crippen LogP contribution in [0.2, 0.25) is 5.15 Å². The Morgan fingerprint density at radius 3 is 2.44 bits per heavy atom. The lowest BCUT2D eigenvalue weighted by atomic mass is 10.1. The zero-order valence-corrected chi connectivity index (χ0v) is 13.3. The van der Waals surface area contributed by atoms with Gasteiger partial charge in [-0.2, -0.15) is 0 Å². The summed E-state index contributed by atoms with van der Waals surface area (Å²) in [5, 5.41) is 0.560. The number of hydrogen-bond acceptors (Lipinski definition) is 2. The van der Waals surface area contributed by atoms with Crippen molar-refractivity contribution >= 4 is 34.2 Å². The van der Waals surface area contributed by atoms with E-state index >= 15 is 0 Å². The Morgan fingerprint density at radius 2 is 1.83 bits per heavy atom. The Labute approximate surface area is 126 Å². The van der Waals surface area contributed by atoms with E-state index in [1.54, 1.807) is 0 Å². The first kappa shape index (κ1) is 13.7. The van der Waals surface area contributed by atoms with Gasteiger partial charge >= 0.3 is 0 Å². The largest absolute Gasteiger partial charge is 0.236 e. The lowest BCUT2D eigenvalue weighted by Gasteiger charge is -2.07. The molecule has 0 N–H and O–H groups in total. The highest BCUT2D eigenvalue weighted by Gasteiger charge is 2.09. The summed E-state index contributed by atoms with van der Waals surface area (Å²) in [6, 6.07) is 8.42. The molecule has 0 radical (unpaired) electrons. The molecule has 0 aliphatic heterocycles. The minimum Gasteiger partial charge on any atom is -0.236 e. The Bertz CT molecular complexity index is 552. The van der Waals surface area contributed by atoms with Gasteiger partial charge in [-0.15, -0.1) is 0 Å². The predicted molar refractivity (Wildman–Crippen MR) is 83.1 cm³/mol. The van der Waals surface area contributed by atoms with E-state index in [0.29, 0.717) is 5.15 Å². The molecular weight excluding hydrogens is 359 g/mol. The molecule has 0 aliphatic carbocycles. The molecule has 4 heteroatoms. The van der Waals surface area contributed by atoms with Crippen LogP contribution in [0.5, 0.6) is 0 Å². The fourth-order valence-electron chi connectivity index (χ4n) is 1.71. The summed E-state index contributed by atoms with van der Waals surface area (Å²) in [5.74, 6) is 0.793. The molecular formula is C14H14ClIN2. The van der Waals surface area contributed by atoms with Gasteiger partial charge in [-0.1, -0.05) is 48.4 Å². The van der Waals surface area contributed by atoms with Crippen LogP contribution < -0.4 is 0 Å². The molecule has 94 valence electrons. The van der Waals surface area contributed by atoms with E-state index in [4.69, 9.17) is 11.6 Å². The lowest BCUT2D eigenvalue weighted by Crippen LogP contribution is -2.03. The standard InChI is InChI=1S/C14H14ClIN2/c1-3-11-13(16)14(15)18-12(17-11)8-10-6-4-9(2)5-7-10/h4-7H,3,8H2,1-2H3. The van der Waals surface area contributed by atoms with Gasteiger partial charge in [0.05, 0.1) is 9.26 Å². The van der Waals surface area contributed by atoms with Crippen LogP contribution in [0.15, 0.2) is 24.3 Å². The van der Waals surface area contributed by atoms with Crippen molar-refractivity contribution in [2.24, 2.45) is 0 Å². The molecule has 0 amide bonds. The van der Waals surface area contributed by atoms with E-state index in [1.165, 1.54) is 11.1 Å². The summed E-state index contributed by atoms with van der Waals surface area (Å²) in [6.45, 7) is 4.16. The number of hydrogen-bond donors (Lipinski definition) is 0. The number of rotatable bonds is 3. The van der Waals surface area contributed by atoms with Crippen LogP contribution in [-0.4, -0.2) is 9.97 Å². The summed E-state index contributed by atoms with van der Waals surface area (Å²) in [6.07, 6.45) is 1.60. The first-order valence-electron chi connectivity index (χ1n) is 5.86. The summed E-state index contributed by atoms with van der Waals surface area (Å²) in [5.41, 5.74) is 3.49. The first-order valence-corrected chi connectivity index (χ1v) is 7.32. The van der Waals surface area contributed by atoms with Crippen LogP contribution in [0.4, 0.5) is 0 Å². The molecule has 0 unspecified atom stereocenters. The van der Waals surface area contributed by atoms with Crippen molar-refractivity contribution < 1.29 is 0 Å². The number of benzene rings is 1. The molecule has 0 spiro atoms. The minimum atomic E-state index is 0.560. The third-order valence-electron chi connectivity index (χ3n) is 2.74. The topological polar surface area (TPSA) is 25.8 Å². The highest BCUT2D eigenvalue weighted by Crippen LogP contribution is 2.20. The lowest BCUT2D eigenvalue weighted by molar-refractivity contribution is 0.895. The molecule has 0 atom stereocenters. The van der Waals surface area contributed by atoms with Crippen LogP contribution in [0.3, 0.4) is 0 Å². The van der Waals surface area contributed by atoms with Crippen molar-refractivity contribution in [1.82, 2.24) is 9.97 Å². The van der Waals surface area contributed by atoms with Crippen LogP contribution in [0.25, 0.3) is 0 Å². The van der Waals surface area contributed by atoms with Crippen molar-refractivity contribution in [1.29, 1.82) is 0 Å². The highest BCUT2D eigenvalue weighted by atomic mass is 127. The number of aryl methyl sites for hydroxylation is 2. The monoisotopic (exact) mass is 372 g/mol. The summed E-state index contributed by atoms with van der Waals surface area (Å²) in [7, 11) is 0. The third kappa shape index (κ3) is 3.20. The van der Waals surface area contributed by atoms with Gasteiger partial charge < -0.3 is 0 Å². The minimum absolute atomic E-state index is 0.560. The molecule has 2 aromatic rings. The maximum absolute atomic E-state index is 6.13. The fraction of sp³-hybridized carbons (Fsp3) is 0.286. The summed E-state index contributed by atoms with van der Waals surface area (Å²) < 4.78 is 0.962. The SMILES string of the molecule is CCc1nc(Cc2ccc(C)cc2)nc(Cl)c1I. The highest BCUT2D eigenvalue weighted by molar-refractivity contribution is 14.1. The summed E-state index contributed by atoms with van der Waals surface area (Å²) in [4.78, 5) is 8.91. The Kier molecular flexibility index (Phi) is 4.56. The molecule has 1 aromatic heterocycles. The van der Waals surface area contributed by atoms with Crippen LogP contribution in [0, 0.1) is 10.5 Å². The van der Waals surface area contributed by atoms with E-state index in [9.17, 15) is 0 Å². The second-order valence-corrected chi connectivity index (χ2v) is 5.64. The average Bonchev–Trinajstić information content (AvgIpc) is 2.36. The number of aromatic nitrogens is 2. The molecule has 0 bridgehead atoms. The van der Waals surface area contributed by atoms with Gasteiger partial charge in [0, 0.05) is 6.42 Å². The maximum atomic E-state index is 6.13. The average molecular weight is 373 g/mol. The Hall–Kier alpha value is -0.680. The third-order valence-corrected chi connectivity index (χ3v) is 4.47. The van der Waals surface area contributed by atoms with Gasteiger partial charge in [-0.25, -0.2) is 9.97 Å². The number of halogens is 2. The van der Waals surface area contributed by atoms with E-state index in [0.717, 1.165) is 27.9 Å². The van der Waals surface area contributed by atoms with Gasteiger partial charge in [0.15, 0.2) is 0 Å². The van der Waals surface area contributed by atoms with Gasteiger partial charge in [-0.05, 0) is 41.5 Å². The van der Waals surface area contributed by atoms with Crippen LogP contribution in [0.1, 0.15) is 29.6 Å². The van der Waals surface area contributed by atoms with Crippen molar-refractivity contribution in [3.63, 3.8) is 0 Å². The molecule has 0 saturated carbocycles. The quantitative estimate of drug-likeness (QED) is 0.596. The molecule has 1 heterocycles. The van der Waals surface area contributed by atoms with Gasteiger partial charge in [0.1, 0.15) is 11.0 Å². The second-order valence-electron chi connectivity index (χ2n) is 4.21. The molecule has 0 saturated heterocycles. The Balaban J connectivity index is 2.29. The Morgan fingerprint density at radius 1 is 1.17 bits per heavy atom. The van der Waals surface area contributed by atoms with Crippen molar-refractivity contribution in [3.05, 3.63) is 55.6 Å². The molecule has 0 fully saturated rings. The molecule has 1 aromatic carbocycles. The smallest absolute Gasteiger partial charge is 0.146 e. The van der Waals surface area contributed by atoms with E-state index in [2.05, 4.69) is 70.7 Å². The summed E-state index contributed by atoms with van der Waals surface area (Å²) >= 11 is 8.33. The maximum Gasteiger partial charge on any atom is 0.146 e. The zero-order chi connectivity index (χ0) is 13.1. The molecule has 18 heavy (non-hydrogen) atoms. The van der Waals surface area contributed by atoms with Crippen LogP contribution >= 0.6 is 34.2 Å². The first-order chi connectivity index (χ1) is 8.60. The molecule has 0 aliphatic rings. The zero-order valence-electron chi connectivity index (χ0n) is 10.4. The van der Waals surface area contributed by atoms with Crippen molar-refractivity contribution in [3.8, 4) is 0 Å². The second kappa shape index (κ2) is 5.97. The normalized spacial score (nSPS) is 10.7. The van der Waals surface area contributed by atoms with Gasteiger partial charge in [0.25, 0.3) is 0 Å². The van der Waals surface area contributed by atoms with Crippen LogP contribution in [-0.2, 0) is 12.8 Å². The van der Waals surface area contributed by atoms with E-state index in [1.807, 2.05) is 0 Å².